The van der Waals surface area contributed by atoms with Gasteiger partial charge in [-0.1, -0.05) is 22.8 Å². The number of rotatable bonds is 6. The fourth-order valence-corrected chi connectivity index (χ4v) is 2.49. The number of Topliss-reactive ketones (excluding diaryl/α,β-unsaturated/α-hetero) is 1. The Morgan fingerprint density at radius 1 is 1.47 bits per heavy atom. The number of aryl methyl sites for hydroxylation is 1. The van der Waals surface area contributed by atoms with Gasteiger partial charge in [-0.05, 0) is 25.1 Å². The topological polar surface area (TPSA) is 56.0 Å². The highest BCUT2D eigenvalue weighted by Gasteiger charge is 2.08. The molecule has 19 heavy (non-hydrogen) atoms. The molecule has 0 spiro atoms. The number of hydrogen-bond acceptors (Lipinski definition) is 5. The zero-order valence-corrected chi connectivity index (χ0v) is 12.0. The first-order valence-electron chi connectivity index (χ1n) is 5.83. The van der Waals surface area contributed by atoms with Crippen molar-refractivity contribution >= 4 is 29.1 Å². The molecule has 100 valence electrons. The quantitative estimate of drug-likeness (QED) is 0.763. The zero-order valence-electron chi connectivity index (χ0n) is 10.4. The summed E-state index contributed by atoms with van der Waals surface area (Å²) in [6, 6.07) is 7.61. The lowest BCUT2D eigenvalue weighted by Gasteiger charge is -1.98. The maximum atomic E-state index is 10.9. The molecule has 0 fully saturated rings. The fourth-order valence-electron chi connectivity index (χ4n) is 1.44. The van der Waals surface area contributed by atoms with Gasteiger partial charge in [-0.3, -0.25) is 0 Å². The van der Waals surface area contributed by atoms with Crippen molar-refractivity contribution < 1.29 is 9.32 Å². The average Bonchev–Trinajstić information content (AvgIpc) is 2.82. The summed E-state index contributed by atoms with van der Waals surface area (Å²) in [7, 11) is 0. The number of ketones is 1. The molecule has 1 aromatic carbocycles. The van der Waals surface area contributed by atoms with Crippen LogP contribution in [0.3, 0.4) is 0 Å². The van der Waals surface area contributed by atoms with Crippen molar-refractivity contribution in [3.8, 4) is 0 Å². The maximum absolute atomic E-state index is 10.9. The van der Waals surface area contributed by atoms with Gasteiger partial charge in [0.15, 0.2) is 5.82 Å². The molecule has 1 heterocycles. The van der Waals surface area contributed by atoms with Gasteiger partial charge in [-0.2, -0.15) is 4.98 Å². The molecule has 0 unspecified atom stereocenters. The number of thioether (sulfide) groups is 1. The van der Waals surface area contributed by atoms with Crippen LogP contribution in [0.15, 0.2) is 33.7 Å². The second-order valence-corrected chi connectivity index (χ2v) is 5.54. The van der Waals surface area contributed by atoms with Crippen LogP contribution in [0, 0.1) is 0 Å². The lowest BCUT2D eigenvalue weighted by molar-refractivity contribution is -0.117. The van der Waals surface area contributed by atoms with E-state index in [1.165, 1.54) is 0 Å². The molecule has 0 N–H and O–H groups in total. The molecule has 0 saturated heterocycles. The molecule has 0 saturated carbocycles. The summed E-state index contributed by atoms with van der Waals surface area (Å²) in [5.41, 5.74) is 0. The van der Waals surface area contributed by atoms with Gasteiger partial charge in [-0.15, -0.1) is 11.8 Å². The van der Waals surface area contributed by atoms with Crippen molar-refractivity contribution in [2.75, 3.05) is 0 Å². The summed E-state index contributed by atoms with van der Waals surface area (Å²) >= 11 is 7.50. The van der Waals surface area contributed by atoms with E-state index >= 15 is 0 Å². The van der Waals surface area contributed by atoms with E-state index in [4.69, 9.17) is 16.1 Å². The van der Waals surface area contributed by atoms with Crippen LogP contribution in [0.25, 0.3) is 0 Å². The highest BCUT2D eigenvalue weighted by molar-refractivity contribution is 7.98. The molecule has 0 aliphatic rings. The Morgan fingerprint density at radius 2 is 2.32 bits per heavy atom. The Morgan fingerprint density at radius 3 is 3.05 bits per heavy atom. The van der Waals surface area contributed by atoms with E-state index < -0.39 is 0 Å². The third-order valence-corrected chi connectivity index (χ3v) is 3.59. The third-order valence-electron chi connectivity index (χ3n) is 2.37. The van der Waals surface area contributed by atoms with Gasteiger partial charge in [0.05, 0.1) is 5.75 Å². The standard InChI is InChI=1S/C13H13ClN2O2S/c1-9(17)5-6-13-15-12(16-18-13)8-19-11-4-2-3-10(14)7-11/h2-4,7H,5-6,8H2,1H3. The first-order chi connectivity index (χ1) is 9.13. The Labute approximate surface area is 120 Å². The van der Waals surface area contributed by atoms with Gasteiger partial charge in [0.25, 0.3) is 0 Å². The van der Waals surface area contributed by atoms with Crippen molar-refractivity contribution in [2.24, 2.45) is 0 Å². The van der Waals surface area contributed by atoms with Gasteiger partial charge < -0.3 is 9.32 Å². The first kappa shape index (κ1) is 14.1. The van der Waals surface area contributed by atoms with Crippen LogP contribution in [-0.2, 0) is 17.0 Å². The minimum Gasteiger partial charge on any atom is -0.339 e. The van der Waals surface area contributed by atoms with Gasteiger partial charge in [0.2, 0.25) is 5.89 Å². The summed E-state index contributed by atoms with van der Waals surface area (Å²) in [5, 5.41) is 4.59. The van der Waals surface area contributed by atoms with E-state index in [9.17, 15) is 4.79 Å². The predicted octanol–water partition coefficient (Wildman–Crippen LogP) is 3.54. The van der Waals surface area contributed by atoms with E-state index in [1.54, 1.807) is 18.7 Å². The number of carbonyl (C=O) groups is 1. The lowest BCUT2D eigenvalue weighted by atomic mass is 10.2. The Balaban J connectivity index is 1.88. The Hall–Kier alpha value is -1.33. The zero-order chi connectivity index (χ0) is 13.7. The third kappa shape index (κ3) is 4.69. The summed E-state index contributed by atoms with van der Waals surface area (Å²) in [4.78, 5) is 16.2. The van der Waals surface area contributed by atoms with E-state index in [-0.39, 0.29) is 5.78 Å². The molecule has 4 nitrogen and oxygen atoms in total. The van der Waals surface area contributed by atoms with E-state index in [1.807, 2.05) is 24.3 Å². The minimum atomic E-state index is 0.119. The number of nitrogens with zero attached hydrogens (tertiary/aromatic N) is 2. The molecule has 0 amide bonds. The van der Waals surface area contributed by atoms with Crippen LogP contribution in [0.4, 0.5) is 0 Å². The molecule has 2 rings (SSSR count). The van der Waals surface area contributed by atoms with Crippen LogP contribution in [0.1, 0.15) is 25.1 Å². The van der Waals surface area contributed by atoms with Crippen molar-refractivity contribution in [3.05, 3.63) is 41.0 Å². The molecular weight excluding hydrogens is 284 g/mol. The van der Waals surface area contributed by atoms with Crippen LogP contribution < -0.4 is 0 Å². The molecule has 0 aliphatic heterocycles. The summed E-state index contributed by atoms with van der Waals surface area (Å²) in [6.45, 7) is 1.55. The first-order valence-corrected chi connectivity index (χ1v) is 7.19. The smallest absolute Gasteiger partial charge is 0.227 e. The van der Waals surface area contributed by atoms with Crippen molar-refractivity contribution in [1.29, 1.82) is 0 Å². The van der Waals surface area contributed by atoms with Crippen LogP contribution >= 0.6 is 23.4 Å². The number of carbonyl (C=O) groups excluding carboxylic acids is 1. The SMILES string of the molecule is CC(=O)CCc1nc(CSc2cccc(Cl)c2)no1. The average molecular weight is 297 g/mol. The number of hydrogen-bond donors (Lipinski definition) is 0. The minimum absolute atomic E-state index is 0.119. The molecule has 0 atom stereocenters. The second kappa shape index (κ2) is 6.73. The molecule has 2 aromatic rings. The largest absolute Gasteiger partial charge is 0.339 e. The van der Waals surface area contributed by atoms with Crippen molar-refractivity contribution in [2.45, 2.75) is 30.4 Å². The summed E-state index contributed by atoms with van der Waals surface area (Å²) < 4.78 is 5.07. The Bertz CT molecular complexity index is 571. The number of aromatic nitrogens is 2. The molecule has 1 aromatic heterocycles. The van der Waals surface area contributed by atoms with Gasteiger partial charge in [0.1, 0.15) is 5.78 Å². The lowest BCUT2D eigenvalue weighted by Crippen LogP contribution is -1.94. The second-order valence-electron chi connectivity index (χ2n) is 4.05. The predicted molar refractivity (Wildman–Crippen MR) is 74.3 cm³/mol. The monoisotopic (exact) mass is 296 g/mol. The summed E-state index contributed by atoms with van der Waals surface area (Å²) in [6.07, 6.45) is 0.938. The number of halogens is 1. The number of benzene rings is 1. The fraction of sp³-hybridized carbons (Fsp3) is 0.308. The maximum Gasteiger partial charge on any atom is 0.227 e. The molecular formula is C13H13ClN2O2S. The Kier molecular flexibility index (Phi) is 4.99. The van der Waals surface area contributed by atoms with Crippen LogP contribution in [-0.4, -0.2) is 15.9 Å². The van der Waals surface area contributed by atoms with Crippen molar-refractivity contribution in [3.63, 3.8) is 0 Å². The molecule has 0 bridgehead atoms. The van der Waals surface area contributed by atoms with Crippen molar-refractivity contribution in [1.82, 2.24) is 10.1 Å². The molecule has 0 aliphatic carbocycles. The van der Waals surface area contributed by atoms with E-state index in [2.05, 4.69) is 10.1 Å². The highest BCUT2D eigenvalue weighted by atomic mass is 35.5. The van der Waals surface area contributed by atoms with Crippen LogP contribution in [0.2, 0.25) is 5.02 Å². The van der Waals surface area contributed by atoms with Gasteiger partial charge in [-0.25, -0.2) is 0 Å². The van der Waals surface area contributed by atoms with Crippen LogP contribution in [0.5, 0.6) is 0 Å². The van der Waals surface area contributed by atoms with E-state index in [0.717, 1.165) is 4.90 Å². The van der Waals surface area contributed by atoms with Gasteiger partial charge in [0, 0.05) is 22.8 Å². The highest BCUT2D eigenvalue weighted by Crippen LogP contribution is 2.24. The van der Waals surface area contributed by atoms with Gasteiger partial charge >= 0.3 is 0 Å². The molecule has 6 heteroatoms. The van der Waals surface area contributed by atoms with E-state index in [0.29, 0.717) is 35.3 Å². The summed E-state index contributed by atoms with van der Waals surface area (Å²) in [5.74, 6) is 1.87. The normalized spacial score (nSPS) is 10.6. The molecule has 0 radical (unpaired) electrons.